The van der Waals surface area contributed by atoms with Crippen LogP contribution in [0.4, 0.5) is 0 Å². The largest absolute Gasteiger partial charge is 0.272 e. The maximum atomic E-state index is 13.3. The van der Waals surface area contributed by atoms with E-state index in [0.29, 0.717) is 11.1 Å². The molecule has 4 nitrogen and oxygen atoms in total. The van der Waals surface area contributed by atoms with Crippen molar-refractivity contribution < 1.29 is 9.59 Å². The highest BCUT2D eigenvalue weighted by atomic mass is 16.2. The molecule has 3 aromatic rings. The molecule has 0 heterocycles. The van der Waals surface area contributed by atoms with Gasteiger partial charge in [-0.25, -0.2) is 5.01 Å². The molecule has 0 atom stereocenters. The van der Waals surface area contributed by atoms with Gasteiger partial charge in [0.25, 0.3) is 11.8 Å². The van der Waals surface area contributed by atoms with Crippen molar-refractivity contribution in [2.24, 2.45) is 0 Å². The molecule has 0 fully saturated rings. The smallest absolute Gasteiger partial charge is 0.267 e. The van der Waals surface area contributed by atoms with Gasteiger partial charge in [0, 0.05) is 11.1 Å². The van der Waals surface area contributed by atoms with E-state index in [2.05, 4.69) is 5.43 Å². The number of rotatable bonds is 3. The Bertz CT molecular complexity index is 1050. The molecule has 154 valence electrons. The highest BCUT2D eigenvalue weighted by Crippen LogP contribution is 2.24. The summed E-state index contributed by atoms with van der Waals surface area (Å²) in [5.41, 5.74) is 7.12. The Hall–Kier alpha value is -3.40. The topological polar surface area (TPSA) is 49.4 Å². The van der Waals surface area contributed by atoms with Crippen molar-refractivity contribution in [1.29, 1.82) is 0 Å². The normalized spacial score (nSPS) is 11.1. The number of aryl methyl sites for hydroxylation is 2. The summed E-state index contributed by atoms with van der Waals surface area (Å²) in [5.74, 6) is -0.554. The van der Waals surface area contributed by atoms with E-state index < -0.39 is 5.54 Å². The molecule has 0 aliphatic heterocycles. The third kappa shape index (κ3) is 4.77. The molecular weight excluding hydrogens is 372 g/mol. The summed E-state index contributed by atoms with van der Waals surface area (Å²) in [4.78, 5) is 26.6. The van der Waals surface area contributed by atoms with Crippen LogP contribution in [0.3, 0.4) is 0 Å². The average molecular weight is 401 g/mol. The minimum atomic E-state index is -0.605. The molecule has 0 saturated heterocycles. The number of carbonyl (C=O) groups is 2. The standard InChI is InChI=1S/C26H28N2O2/c1-18-15-19(2)17-21(16-18)25(30)28(26(3,4)5)27-24(29)23-14-10-9-13-22(23)20-11-7-6-8-12-20/h6-17H,1-5H3,(H,27,29). The second-order valence-corrected chi connectivity index (χ2v) is 8.54. The Labute approximate surface area is 178 Å². The number of nitrogens with zero attached hydrogens (tertiary/aromatic N) is 1. The van der Waals surface area contributed by atoms with Crippen LogP contribution in [-0.4, -0.2) is 22.4 Å². The van der Waals surface area contributed by atoms with Crippen molar-refractivity contribution in [3.8, 4) is 11.1 Å². The van der Waals surface area contributed by atoms with E-state index in [-0.39, 0.29) is 11.8 Å². The Morgan fingerprint density at radius 2 is 1.37 bits per heavy atom. The molecule has 3 aromatic carbocycles. The lowest BCUT2D eigenvalue weighted by Crippen LogP contribution is -2.56. The fourth-order valence-corrected chi connectivity index (χ4v) is 3.46. The number of nitrogens with one attached hydrogen (secondary N) is 1. The summed E-state index contributed by atoms with van der Waals surface area (Å²) in [5, 5.41) is 1.42. The van der Waals surface area contributed by atoms with Gasteiger partial charge >= 0.3 is 0 Å². The zero-order valence-corrected chi connectivity index (χ0v) is 18.2. The molecular formula is C26H28N2O2. The van der Waals surface area contributed by atoms with E-state index in [1.807, 2.05) is 101 Å². The lowest BCUT2D eigenvalue weighted by Gasteiger charge is -2.35. The Kier molecular flexibility index (Phi) is 6.06. The zero-order valence-electron chi connectivity index (χ0n) is 18.2. The molecule has 0 saturated carbocycles. The SMILES string of the molecule is Cc1cc(C)cc(C(=O)N(NC(=O)c2ccccc2-c2ccccc2)C(C)(C)C)c1. The summed E-state index contributed by atoms with van der Waals surface area (Å²) >= 11 is 0. The molecule has 0 aliphatic rings. The second kappa shape index (κ2) is 8.54. The summed E-state index contributed by atoms with van der Waals surface area (Å²) in [6, 6.07) is 22.9. The van der Waals surface area contributed by atoms with Crippen LogP contribution in [0, 0.1) is 13.8 Å². The fourth-order valence-electron chi connectivity index (χ4n) is 3.46. The Morgan fingerprint density at radius 3 is 1.97 bits per heavy atom. The molecule has 3 rings (SSSR count). The Balaban J connectivity index is 1.96. The van der Waals surface area contributed by atoms with Crippen molar-refractivity contribution in [2.45, 2.75) is 40.2 Å². The van der Waals surface area contributed by atoms with Gasteiger partial charge in [-0.3, -0.25) is 15.0 Å². The molecule has 1 N–H and O–H groups in total. The number of amides is 2. The van der Waals surface area contributed by atoms with Crippen molar-refractivity contribution in [3.05, 3.63) is 95.1 Å². The predicted octanol–water partition coefficient (Wildman–Crippen LogP) is 5.56. The van der Waals surface area contributed by atoms with Crippen LogP contribution in [-0.2, 0) is 0 Å². The number of hydrogen-bond donors (Lipinski definition) is 1. The third-order valence-corrected chi connectivity index (χ3v) is 4.81. The summed E-state index contributed by atoms with van der Waals surface area (Å²) < 4.78 is 0. The number of benzene rings is 3. The van der Waals surface area contributed by atoms with Crippen molar-refractivity contribution in [3.63, 3.8) is 0 Å². The molecule has 30 heavy (non-hydrogen) atoms. The number of hydrogen-bond acceptors (Lipinski definition) is 2. The molecule has 4 heteroatoms. The van der Waals surface area contributed by atoms with Gasteiger partial charge in [0.05, 0.1) is 5.54 Å². The first-order valence-corrected chi connectivity index (χ1v) is 10.0. The minimum absolute atomic E-state index is 0.236. The lowest BCUT2D eigenvalue weighted by molar-refractivity contribution is 0.0358. The van der Waals surface area contributed by atoms with Gasteiger partial charge in [0.15, 0.2) is 0 Å². The molecule has 0 aliphatic carbocycles. The number of hydrazine groups is 1. The second-order valence-electron chi connectivity index (χ2n) is 8.54. The molecule has 0 unspecified atom stereocenters. The van der Waals surface area contributed by atoms with Crippen molar-refractivity contribution in [1.82, 2.24) is 10.4 Å². The van der Waals surface area contributed by atoms with Crippen molar-refractivity contribution in [2.75, 3.05) is 0 Å². The summed E-state index contributed by atoms with van der Waals surface area (Å²) in [7, 11) is 0. The van der Waals surface area contributed by atoms with Gasteiger partial charge in [-0.2, -0.15) is 0 Å². The van der Waals surface area contributed by atoms with E-state index in [1.165, 1.54) is 5.01 Å². The molecule has 0 aromatic heterocycles. The highest BCUT2D eigenvalue weighted by molar-refractivity contribution is 6.03. The van der Waals surface area contributed by atoms with Gasteiger partial charge in [0.1, 0.15) is 0 Å². The molecule has 0 radical (unpaired) electrons. The summed E-state index contributed by atoms with van der Waals surface area (Å²) in [6.45, 7) is 9.62. The third-order valence-electron chi connectivity index (χ3n) is 4.81. The number of carbonyl (C=O) groups excluding carboxylic acids is 2. The first-order chi connectivity index (χ1) is 14.2. The van der Waals surface area contributed by atoms with E-state index in [1.54, 1.807) is 6.07 Å². The van der Waals surface area contributed by atoms with Crippen LogP contribution >= 0.6 is 0 Å². The van der Waals surface area contributed by atoms with E-state index in [0.717, 1.165) is 22.3 Å². The quantitative estimate of drug-likeness (QED) is 0.586. The van der Waals surface area contributed by atoms with Crippen LogP contribution in [0.5, 0.6) is 0 Å². The van der Waals surface area contributed by atoms with E-state index >= 15 is 0 Å². The van der Waals surface area contributed by atoms with Crippen LogP contribution < -0.4 is 5.43 Å². The van der Waals surface area contributed by atoms with Crippen LogP contribution in [0.25, 0.3) is 11.1 Å². The van der Waals surface area contributed by atoms with Gasteiger partial charge in [-0.15, -0.1) is 0 Å². The van der Waals surface area contributed by atoms with Crippen LogP contribution in [0.2, 0.25) is 0 Å². The van der Waals surface area contributed by atoms with E-state index in [9.17, 15) is 9.59 Å². The van der Waals surface area contributed by atoms with Gasteiger partial charge in [-0.05, 0) is 63.9 Å². The van der Waals surface area contributed by atoms with Gasteiger partial charge in [-0.1, -0.05) is 65.7 Å². The predicted molar refractivity (Wildman–Crippen MR) is 121 cm³/mol. The summed E-state index contributed by atoms with van der Waals surface area (Å²) in [6.07, 6.45) is 0. The lowest BCUT2D eigenvalue weighted by atomic mass is 9.99. The van der Waals surface area contributed by atoms with Crippen molar-refractivity contribution >= 4 is 11.8 Å². The Morgan fingerprint density at radius 1 is 0.800 bits per heavy atom. The van der Waals surface area contributed by atoms with Gasteiger partial charge < -0.3 is 0 Å². The van der Waals surface area contributed by atoms with E-state index in [4.69, 9.17) is 0 Å². The average Bonchev–Trinajstić information content (AvgIpc) is 2.70. The van der Waals surface area contributed by atoms with Gasteiger partial charge in [0.2, 0.25) is 0 Å². The maximum absolute atomic E-state index is 13.3. The maximum Gasteiger partial charge on any atom is 0.272 e. The highest BCUT2D eigenvalue weighted by Gasteiger charge is 2.30. The molecule has 0 bridgehead atoms. The fraction of sp³-hybridized carbons (Fsp3) is 0.231. The minimum Gasteiger partial charge on any atom is -0.267 e. The molecule has 2 amide bonds. The first-order valence-electron chi connectivity index (χ1n) is 10.0. The molecule has 0 spiro atoms. The monoisotopic (exact) mass is 400 g/mol. The zero-order chi connectivity index (χ0) is 21.9. The van der Waals surface area contributed by atoms with Crippen LogP contribution in [0.1, 0.15) is 52.6 Å². The van der Waals surface area contributed by atoms with Crippen LogP contribution in [0.15, 0.2) is 72.8 Å². The first kappa shape index (κ1) is 21.3.